The number of ether oxygens (including phenoxy) is 1. The van der Waals surface area contributed by atoms with Gasteiger partial charge in [-0.05, 0) is 75.7 Å². The minimum absolute atomic E-state index is 0.0602. The fraction of sp³-hybridized carbons (Fsp3) is 0.667. The van der Waals surface area contributed by atoms with Gasteiger partial charge in [0.1, 0.15) is 5.75 Å². The lowest BCUT2D eigenvalue weighted by atomic mass is 9.54. The zero-order chi connectivity index (χ0) is 20.6. The number of rotatable bonds is 7. The molecule has 2 amide bonds. The van der Waals surface area contributed by atoms with Gasteiger partial charge in [0.2, 0.25) is 11.8 Å². The average molecular weight is 399 g/mol. The fourth-order valence-electron chi connectivity index (χ4n) is 6.29. The second-order valence-corrected chi connectivity index (χ2v) is 10.1. The van der Waals surface area contributed by atoms with E-state index in [0.717, 1.165) is 17.4 Å². The molecule has 5 nitrogen and oxygen atoms in total. The summed E-state index contributed by atoms with van der Waals surface area (Å²) >= 11 is 0. The van der Waals surface area contributed by atoms with E-state index in [1.807, 2.05) is 38.1 Å². The fourth-order valence-corrected chi connectivity index (χ4v) is 6.29. The number of nitrogens with one attached hydrogen (secondary N) is 2. The minimum atomic E-state index is -0.588. The molecule has 1 aromatic carbocycles. The molecule has 0 spiro atoms. The van der Waals surface area contributed by atoms with Gasteiger partial charge in [0.05, 0.1) is 13.5 Å². The molecule has 2 N–H and O–H groups in total. The van der Waals surface area contributed by atoms with Crippen molar-refractivity contribution in [2.75, 3.05) is 7.11 Å². The van der Waals surface area contributed by atoms with Crippen LogP contribution in [0.1, 0.15) is 57.9 Å². The van der Waals surface area contributed by atoms with Crippen LogP contribution in [0.4, 0.5) is 0 Å². The van der Waals surface area contributed by atoms with Gasteiger partial charge in [-0.25, -0.2) is 0 Å². The molecule has 0 aromatic heterocycles. The van der Waals surface area contributed by atoms with Crippen molar-refractivity contribution in [3.05, 3.63) is 29.8 Å². The SMILES string of the molecule is COc1ccccc1CC(=O)NC(C)(C)CC(=O)NC1C2CC3CC(C2)CC1C3. The van der Waals surface area contributed by atoms with Crippen molar-refractivity contribution in [2.24, 2.45) is 23.7 Å². The quantitative estimate of drug-likeness (QED) is 0.739. The number of amides is 2. The van der Waals surface area contributed by atoms with Gasteiger partial charge < -0.3 is 15.4 Å². The molecule has 29 heavy (non-hydrogen) atoms. The van der Waals surface area contributed by atoms with E-state index in [1.54, 1.807) is 7.11 Å². The van der Waals surface area contributed by atoms with Crippen molar-refractivity contribution >= 4 is 11.8 Å². The van der Waals surface area contributed by atoms with Gasteiger partial charge in [-0.15, -0.1) is 0 Å². The van der Waals surface area contributed by atoms with Crippen molar-refractivity contribution in [1.82, 2.24) is 10.6 Å². The number of para-hydroxylation sites is 1. The number of hydrogen-bond donors (Lipinski definition) is 2. The third-order valence-corrected chi connectivity index (χ3v) is 7.18. The van der Waals surface area contributed by atoms with E-state index >= 15 is 0 Å². The van der Waals surface area contributed by atoms with Gasteiger partial charge in [-0.2, -0.15) is 0 Å². The van der Waals surface area contributed by atoms with Crippen LogP contribution in [0.2, 0.25) is 0 Å². The number of methoxy groups -OCH3 is 1. The summed E-state index contributed by atoms with van der Waals surface area (Å²) in [6, 6.07) is 7.87. The molecular weight excluding hydrogens is 364 g/mol. The van der Waals surface area contributed by atoms with E-state index in [4.69, 9.17) is 4.74 Å². The molecule has 4 aliphatic carbocycles. The zero-order valence-electron chi connectivity index (χ0n) is 17.9. The molecule has 0 saturated heterocycles. The van der Waals surface area contributed by atoms with Gasteiger partial charge in [0.25, 0.3) is 0 Å². The summed E-state index contributed by atoms with van der Waals surface area (Å²) in [5.41, 5.74) is 0.260. The first-order chi connectivity index (χ1) is 13.8. The van der Waals surface area contributed by atoms with E-state index in [1.165, 1.54) is 32.1 Å². The first-order valence-electron chi connectivity index (χ1n) is 11.1. The minimum Gasteiger partial charge on any atom is -0.496 e. The molecule has 0 unspecified atom stereocenters. The summed E-state index contributed by atoms with van der Waals surface area (Å²) in [6.07, 6.45) is 7.11. The lowest BCUT2D eigenvalue weighted by Gasteiger charge is -2.54. The Hall–Kier alpha value is -2.04. The van der Waals surface area contributed by atoms with Crippen molar-refractivity contribution in [3.63, 3.8) is 0 Å². The maximum atomic E-state index is 12.8. The van der Waals surface area contributed by atoms with Crippen molar-refractivity contribution in [1.29, 1.82) is 0 Å². The Labute approximate surface area is 174 Å². The molecule has 158 valence electrons. The summed E-state index contributed by atoms with van der Waals surface area (Å²) in [6.45, 7) is 3.84. The third kappa shape index (κ3) is 4.59. The van der Waals surface area contributed by atoms with Gasteiger partial charge in [0.15, 0.2) is 0 Å². The van der Waals surface area contributed by atoms with E-state index < -0.39 is 5.54 Å². The Morgan fingerprint density at radius 3 is 2.24 bits per heavy atom. The summed E-state index contributed by atoms with van der Waals surface area (Å²) in [7, 11) is 1.61. The molecule has 0 radical (unpaired) electrons. The molecule has 0 aliphatic heterocycles. The first kappa shape index (κ1) is 20.2. The van der Waals surface area contributed by atoms with Crippen LogP contribution >= 0.6 is 0 Å². The van der Waals surface area contributed by atoms with Crippen LogP contribution in [-0.2, 0) is 16.0 Å². The highest BCUT2D eigenvalue weighted by Gasteiger charge is 2.48. The molecule has 5 heteroatoms. The largest absolute Gasteiger partial charge is 0.496 e. The molecule has 0 heterocycles. The van der Waals surface area contributed by atoms with Gasteiger partial charge >= 0.3 is 0 Å². The summed E-state index contributed by atoms with van der Waals surface area (Å²) in [5.74, 6) is 3.80. The summed E-state index contributed by atoms with van der Waals surface area (Å²) in [5, 5.41) is 6.38. The Kier molecular flexibility index (Phi) is 5.58. The van der Waals surface area contributed by atoms with Gasteiger partial charge in [-0.3, -0.25) is 9.59 Å². The molecule has 1 aromatic rings. The van der Waals surface area contributed by atoms with E-state index in [9.17, 15) is 9.59 Å². The van der Waals surface area contributed by atoms with E-state index in [-0.39, 0.29) is 18.2 Å². The maximum Gasteiger partial charge on any atom is 0.224 e. The molecule has 4 bridgehead atoms. The smallest absolute Gasteiger partial charge is 0.224 e. The predicted octanol–water partition coefficient (Wildman–Crippen LogP) is 3.46. The molecule has 4 saturated carbocycles. The first-order valence-corrected chi connectivity index (χ1v) is 11.1. The molecule has 4 aliphatic rings. The maximum absolute atomic E-state index is 12.8. The van der Waals surface area contributed by atoms with E-state index in [0.29, 0.717) is 30.0 Å². The Morgan fingerprint density at radius 2 is 1.62 bits per heavy atom. The molecule has 0 atom stereocenters. The summed E-state index contributed by atoms with van der Waals surface area (Å²) in [4.78, 5) is 25.4. The third-order valence-electron chi connectivity index (χ3n) is 7.18. The highest BCUT2D eigenvalue weighted by Crippen LogP contribution is 2.53. The second-order valence-electron chi connectivity index (χ2n) is 10.1. The molecule has 5 rings (SSSR count). The van der Waals surface area contributed by atoms with E-state index in [2.05, 4.69) is 10.6 Å². The number of carbonyl (C=O) groups is 2. The lowest BCUT2D eigenvalue weighted by Crippen LogP contribution is -2.57. The monoisotopic (exact) mass is 398 g/mol. The predicted molar refractivity (Wildman–Crippen MR) is 113 cm³/mol. The molecular formula is C24H34N2O3. The van der Waals surface area contributed by atoms with Crippen molar-refractivity contribution < 1.29 is 14.3 Å². The Morgan fingerprint density at radius 1 is 1.00 bits per heavy atom. The number of benzene rings is 1. The Bertz CT molecular complexity index is 745. The van der Waals surface area contributed by atoms with Crippen LogP contribution in [0.15, 0.2) is 24.3 Å². The van der Waals surface area contributed by atoms with Crippen LogP contribution in [-0.4, -0.2) is 30.5 Å². The topological polar surface area (TPSA) is 67.4 Å². The van der Waals surface area contributed by atoms with Crippen LogP contribution in [0, 0.1) is 23.7 Å². The average Bonchev–Trinajstić information content (AvgIpc) is 2.63. The standard InChI is InChI=1S/C24H34N2O3/c1-24(2,26-21(27)13-17-6-4-5-7-20(17)29-3)14-22(28)25-23-18-9-15-8-16(11-18)12-19(23)10-15/h4-7,15-16,18-19,23H,8-14H2,1-3H3,(H,25,28)(H,26,27). The second kappa shape index (κ2) is 8.00. The highest BCUT2D eigenvalue weighted by molar-refractivity contribution is 5.82. The van der Waals surface area contributed by atoms with Crippen molar-refractivity contribution in [2.45, 2.75) is 70.4 Å². The molecule has 4 fully saturated rings. The van der Waals surface area contributed by atoms with Crippen LogP contribution < -0.4 is 15.4 Å². The normalized spacial score (nSPS) is 30.1. The summed E-state index contributed by atoms with van der Waals surface area (Å²) < 4.78 is 5.33. The highest BCUT2D eigenvalue weighted by atomic mass is 16.5. The van der Waals surface area contributed by atoms with Crippen LogP contribution in [0.3, 0.4) is 0 Å². The van der Waals surface area contributed by atoms with Gasteiger partial charge in [-0.1, -0.05) is 18.2 Å². The van der Waals surface area contributed by atoms with Crippen molar-refractivity contribution in [3.8, 4) is 5.75 Å². The lowest BCUT2D eigenvalue weighted by molar-refractivity contribution is -0.127. The van der Waals surface area contributed by atoms with Gasteiger partial charge in [0, 0.05) is 23.6 Å². The van der Waals surface area contributed by atoms with Crippen LogP contribution in [0.25, 0.3) is 0 Å². The Balaban J connectivity index is 1.30. The number of carbonyl (C=O) groups excluding carboxylic acids is 2. The zero-order valence-corrected chi connectivity index (χ0v) is 17.9. The van der Waals surface area contributed by atoms with Crippen LogP contribution in [0.5, 0.6) is 5.75 Å². The number of hydrogen-bond acceptors (Lipinski definition) is 3.